The number of likely N-dealkylation sites (N-methyl/N-ethyl adjacent to an activating group) is 1. The monoisotopic (exact) mass is 277 g/mol. The summed E-state index contributed by atoms with van der Waals surface area (Å²) >= 11 is 0. The van der Waals surface area contributed by atoms with Crippen LogP contribution >= 0.6 is 0 Å². The number of hydrazine groups is 1. The molecule has 1 aromatic rings. The summed E-state index contributed by atoms with van der Waals surface area (Å²) < 4.78 is 0. The number of carbonyl (C=O) groups excluding carboxylic acids is 1. The molecule has 3 N–H and O–H groups in total. The van der Waals surface area contributed by atoms with Gasteiger partial charge in [0.05, 0.1) is 11.4 Å². The van der Waals surface area contributed by atoms with E-state index in [9.17, 15) is 4.79 Å². The van der Waals surface area contributed by atoms with Crippen LogP contribution in [0.3, 0.4) is 0 Å². The molecule has 110 valence electrons. The Bertz CT molecular complexity index is 480. The molecule has 6 heteroatoms. The normalized spacial score (nSPS) is 16.9. The second-order valence-corrected chi connectivity index (χ2v) is 5.40. The molecule has 0 spiro atoms. The van der Waals surface area contributed by atoms with Crippen LogP contribution < -0.4 is 11.2 Å². The molecule has 0 aromatic heterocycles. The third-order valence-corrected chi connectivity index (χ3v) is 3.49. The standard InChI is InChI=1S/C14H23N5O/c1-17(2)14(20)11-4-5-12(15)13(10-11)16-19-8-6-18(3)7-9-19/h4-5,10,16H,6-9,15H2,1-3H3. The summed E-state index contributed by atoms with van der Waals surface area (Å²) in [5.41, 5.74) is 11.4. The van der Waals surface area contributed by atoms with E-state index in [0.29, 0.717) is 11.3 Å². The van der Waals surface area contributed by atoms with E-state index in [0.717, 1.165) is 31.9 Å². The average molecular weight is 277 g/mol. The van der Waals surface area contributed by atoms with Gasteiger partial charge in [-0.25, -0.2) is 5.01 Å². The first kappa shape index (κ1) is 14.6. The SMILES string of the molecule is CN1CCN(Nc2cc(C(=O)N(C)C)ccc2N)CC1. The molecule has 1 aliphatic rings. The third-order valence-electron chi connectivity index (χ3n) is 3.49. The summed E-state index contributed by atoms with van der Waals surface area (Å²) in [7, 11) is 5.60. The van der Waals surface area contributed by atoms with Crippen LogP contribution in [0.1, 0.15) is 10.4 Å². The van der Waals surface area contributed by atoms with Gasteiger partial charge < -0.3 is 21.0 Å². The minimum atomic E-state index is -0.0218. The Balaban J connectivity index is 2.11. The second-order valence-electron chi connectivity index (χ2n) is 5.40. The molecular formula is C14H23N5O. The lowest BCUT2D eigenvalue weighted by molar-refractivity contribution is 0.0827. The van der Waals surface area contributed by atoms with Crippen molar-refractivity contribution >= 4 is 17.3 Å². The van der Waals surface area contributed by atoms with Crippen LogP contribution in [0.25, 0.3) is 0 Å². The maximum atomic E-state index is 12.0. The molecule has 1 aliphatic heterocycles. The lowest BCUT2D eigenvalue weighted by Crippen LogP contribution is -2.47. The molecule has 2 rings (SSSR count). The first-order chi connectivity index (χ1) is 9.47. The topological polar surface area (TPSA) is 64.8 Å². The van der Waals surface area contributed by atoms with Gasteiger partial charge in [-0.1, -0.05) is 0 Å². The molecule has 1 saturated heterocycles. The van der Waals surface area contributed by atoms with Crippen LogP contribution in [0.2, 0.25) is 0 Å². The smallest absolute Gasteiger partial charge is 0.253 e. The van der Waals surface area contributed by atoms with Crippen LogP contribution in [-0.4, -0.2) is 68.0 Å². The van der Waals surface area contributed by atoms with Gasteiger partial charge in [-0.3, -0.25) is 4.79 Å². The highest BCUT2D eigenvalue weighted by Gasteiger charge is 2.16. The van der Waals surface area contributed by atoms with Crippen LogP contribution in [0, 0.1) is 0 Å². The lowest BCUT2D eigenvalue weighted by Gasteiger charge is -2.33. The van der Waals surface area contributed by atoms with Crippen molar-refractivity contribution < 1.29 is 4.79 Å². The Labute approximate surface area is 120 Å². The Morgan fingerprint density at radius 2 is 1.90 bits per heavy atom. The van der Waals surface area contributed by atoms with Crippen LogP contribution in [-0.2, 0) is 0 Å². The summed E-state index contributed by atoms with van der Waals surface area (Å²) in [6, 6.07) is 5.35. The fourth-order valence-corrected chi connectivity index (χ4v) is 2.13. The van der Waals surface area contributed by atoms with Gasteiger partial charge in [-0.05, 0) is 25.2 Å². The summed E-state index contributed by atoms with van der Waals surface area (Å²) in [4.78, 5) is 15.8. The van der Waals surface area contributed by atoms with Crippen molar-refractivity contribution in [3.8, 4) is 0 Å². The zero-order valence-corrected chi connectivity index (χ0v) is 12.4. The highest BCUT2D eigenvalue weighted by molar-refractivity contribution is 5.95. The van der Waals surface area contributed by atoms with E-state index < -0.39 is 0 Å². The molecule has 0 radical (unpaired) electrons. The number of nitrogens with one attached hydrogen (secondary N) is 1. The van der Waals surface area contributed by atoms with Crippen LogP contribution in [0.15, 0.2) is 18.2 Å². The number of hydrogen-bond donors (Lipinski definition) is 2. The lowest BCUT2D eigenvalue weighted by atomic mass is 10.1. The number of nitrogen functional groups attached to an aromatic ring is 1. The first-order valence-electron chi connectivity index (χ1n) is 6.78. The van der Waals surface area contributed by atoms with Crippen LogP contribution in [0.4, 0.5) is 11.4 Å². The molecule has 0 aliphatic carbocycles. The van der Waals surface area contributed by atoms with Crippen molar-refractivity contribution in [2.45, 2.75) is 0 Å². The zero-order valence-electron chi connectivity index (χ0n) is 12.4. The predicted molar refractivity (Wildman–Crippen MR) is 81.6 cm³/mol. The van der Waals surface area contributed by atoms with Gasteiger partial charge in [-0.2, -0.15) is 0 Å². The van der Waals surface area contributed by atoms with E-state index in [1.54, 1.807) is 31.1 Å². The van der Waals surface area contributed by atoms with Crippen molar-refractivity contribution in [2.24, 2.45) is 0 Å². The predicted octanol–water partition coefficient (Wildman–Crippen LogP) is 0.545. The van der Waals surface area contributed by atoms with Crippen molar-refractivity contribution in [2.75, 3.05) is 58.5 Å². The second kappa shape index (κ2) is 6.11. The molecule has 0 saturated carbocycles. The summed E-state index contributed by atoms with van der Waals surface area (Å²) in [6.07, 6.45) is 0. The number of nitrogens with zero attached hydrogens (tertiary/aromatic N) is 3. The number of anilines is 2. The average Bonchev–Trinajstić information content (AvgIpc) is 2.43. The van der Waals surface area contributed by atoms with Gasteiger partial charge in [0, 0.05) is 45.8 Å². The van der Waals surface area contributed by atoms with E-state index in [1.165, 1.54) is 0 Å². The van der Waals surface area contributed by atoms with E-state index in [2.05, 4.69) is 22.4 Å². The third kappa shape index (κ3) is 3.40. The zero-order chi connectivity index (χ0) is 14.7. The van der Waals surface area contributed by atoms with Crippen LogP contribution in [0.5, 0.6) is 0 Å². The van der Waals surface area contributed by atoms with Gasteiger partial charge in [0.2, 0.25) is 0 Å². The number of piperazine rings is 1. The number of amides is 1. The number of benzene rings is 1. The Morgan fingerprint density at radius 3 is 2.50 bits per heavy atom. The van der Waals surface area contributed by atoms with E-state index in [4.69, 9.17) is 5.73 Å². The van der Waals surface area contributed by atoms with Gasteiger partial charge in [0.15, 0.2) is 0 Å². The number of hydrogen-bond acceptors (Lipinski definition) is 5. The number of carbonyl (C=O) groups is 1. The minimum absolute atomic E-state index is 0.0218. The van der Waals surface area contributed by atoms with Gasteiger partial charge in [0.1, 0.15) is 0 Å². The largest absolute Gasteiger partial charge is 0.397 e. The molecule has 1 fully saturated rings. The minimum Gasteiger partial charge on any atom is -0.397 e. The molecule has 0 atom stereocenters. The molecule has 6 nitrogen and oxygen atoms in total. The first-order valence-corrected chi connectivity index (χ1v) is 6.78. The Kier molecular flexibility index (Phi) is 4.46. The number of nitrogens with two attached hydrogens (primary N) is 1. The Morgan fingerprint density at radius 1 is 1.25 bits per heavy atom. The molecule has 1 heterocycles. The van der Waals surface area contributed by atoms with Crippen molar-refractivity contribution in [1.82, 2.24) is 14.8 Å². The molecule has 0 unspecified atom stereocenters. The molecular weight excluding hydrogens is 254 g/mol. The Hall–Kier alpha value is -1.79. The van der Waals surface area contributed by atoms with Gasteiger partial charge >= 0.3 is 0 Å². The maximum absolute atomic E-state index is 12.0. The summed E-state index contributed by atoms with van der Waals surface area (Å²) in [6.45, 7) is 3.90. The molecule has 0 bridgehead atoms. The fourth-order valence-electron chi connectivity index (χ4n) is 2.13. The molecule has 1 amide bonds. The van der Waals surface area contributed by atoms with Crippen molar-refractivity contribution in [1.29, 1.82) is 0 Å². The maximum Gasteiger partial charge on any atom is 0.253 e. The quantitative estimate of drug-likeness (QED) is 0.790. The molecule has 20 heavy (non-hydrogen) atoms. The summed E-state index contributed by atoms with van der Waals surface area (Å²) in [5.74, 6) is -0.0218. The van der Waals surface area contributed by atoms with Gasteiger partial charge in [0.25, 0.3) is 5.91 Å². The highest BCUT2D eigenvalue weighted by Crippen LogP contribution is 2.21. The van der Waals surface area contributed by atoms with E-state index in [1.807, 2.05) is 6.07 Å². The van der Waals surface area contributed by atoms with Gasteiger partial charge in [-0.15, -0.1) is 0 Å². The van der Waals surface area contributed by atoms with E-state index >= 15 is 0 Å². The van der Waals surface area contributed by atoms with Crippen molar-refractivity contribution in [3.05, 3.63) is 23.8 Å². The molecule has 1 aromatic carbocycles. The number of rotatable bonds is 3. The fraction of sp³-hybridized carbons (Fsp3) is 0.500. The summed E-state index contributed by atoms with van der Waals surface area (Å²) in [5, 5.41) is 2.13. The van der Waals surface area contributed by atoms with E-state index in [-0.39, 0.29) is 5.91 Å². The van der Waals surface area contributed by atoms with Crippen molar-refractivity contribution in [3.63, 3.8) is 0 Å². The highest BCUT2D eigenvalue weighted by atomic mass is 16.2.